The topological polar surface area (TPSA) is 33.3 Å². The molecule has 1 unspecified atom stereocenters. The highest BCUT2D eigenvalue weighted by Crippen LogP contribution is 2.24. The van der Waals surface area contributed by atoms with Gasteiger partial charge in [-0.2, -0.15) is 0 Å². The maximum Gasteiger partial charge on any atom is 0.137 e. The van der Waals surface area contributed by atoms with Crippen molar-refractivity contribution >= 4 is 11.6 Å². The minimum absolute atomic E-state index is 0.677. The highest BCUT2D eigenvalue weighted by Gasteiger charge is 2.12. The zero-order valence-corrected chi connectivity index (χ0v) is 11.6. The lowest BCUT2D eigenvalue weighted by Crippen LogP contribution is -2.35. The minimum atomic E-state index is 0.677. The van der Waals surface area contributed by atoms with Crippen LogP contribution in [0.25, 0.3) is 0 Å². The van der Waals surface area contributed by atoms with E-state index in [9.17, 15) is 0 Å². The van der Waals surface area contributed by atoms with Crippen LogP contribution in [0.5, 0.6) is 5.75 Å². The summed E-state index contributed by atoms with van der Waals surface area (Å²) in [5.41, 5.74) is 1.20. The van der Waals surface area contributed by atoms with Crippen LogP contribution >= 0.6 is 11.6 Å². The first kappa shape index (κ1) is 13.7. The molecule has 2 N–H and O–H groups in total. The Kier molecular flexibility index (Phi) is 5.29. The molecule has 0 bridgehead atoms. The first-order valence-corrected chi connectivity index (χ1v) is 6.91. The van der Waals surface area contributed by atoms with Crippen LogP contribution in [0.4, 0.5) is 0 Å². The Balaban J connectivity index is 1.77. The summed E-state index contributed by atoms with van der Waals surface area (Å²) in [5, 5.41) is 7.60. The summed E-state index contributed by atoms with van der Waals surface area (Å²) in [5.74, 6) is 1.49. The van der Waals surface area contributed by atoms with Gasteiger partial charge >= 0.3 is 0 Å². The van der Waals surface area contributed by atoms with E-state index in [0.29, 0.717) is 5.02 Å². The van der Waals surface area contributed by atoms with Crippen LogP contribution in [-0.2, 0) is 6.54 Å². The van der Waals surface area contributed by atoms with Gasteiger partial charge in [0, 0.05) is 6.54 Å². The van der Waals surface area contributed by atoms with E-state index in [1.165, 1.54) is 24.9 Å². The smallest absolute Gasteiger partial charge is 0.137 e. The molecule has 3 nitrogen and oxygen atoms in total. The number of ether oxygens (including phenoxy) is 1. The summed E-state index contributed by atoms with van der Waals surface area (Å²) >= 11 is 6.09. The van der Waals surface area contributed by atoms with Gasteiger partial charge in [-0.15, -0.1) is 0 Å². The quantitative estimate of drug-likeness (QED) is 0.861. The molecule has 1 saturated heterocycles. The average molecular weight is 269 g/mol. The summed E-state index contributed by atoms with van der Waals surface area (Å²) in [6, 6.07) is 5.94. The van der Waals surface area contributed by atoms with Crippen molar-refractivity contribution < 1.29 is 4.74 Å². The molecule has 18 heavy (non-hydrogen) atoms. The maximum absolute atomic E-state index is 6.09. The minimum Gasteiger partial charge on any atom is -0.495 e. The van der Waals surface area contributed by atoms with E-state index >= 15 is 0 Å². The van der Waals surface area contributed by atoms with Crippen LogP contribution in [0.3, 0.4) is 0 Å². The number of halogens is 1. The SMILES string of the molecule is COc1ccc(CNCC2CCCNC2)cc1Cl. The number of rotatable bonds is 5. The zero-order valence-electron chi connectivity index (χ0n) is 10.8. The van der Waals surface area contributed by atoms with Crippen molar-refractivity contribution in [3.8, 4) is 5.75 Å². The second-order valence-electron chi connectivity index (χ2n) is 4.81. The number of piperidine rings is 1. The highest BCUT2D eigenvalue weighted by molar-refractivity contribution is 6.32. The van der Waals surface area contributed by atoms with Crippen molar-refractivity contribution in [1.29, 1.82) is 0 Å². The van der Waals surface area contributed by atoms with E-state index < -0.39 is 0 Å². The average Bonchev–Trinajstić information content (AvgIpc) is 2.40. The fourth-order valence-corrected chi connectivity index (χ4v) is 2.62. The monoisotopic (exact) mass is 268 g/mol. The van der Waals surface area contributed by atoms with Crippen LogP contribution in [-0.4, -0.2) is 26.7 Å². The first-order valence-electron chi connectivity index (χ1n) is 6.53. The summed E-state index contributed by atoms with van der Waals surface area (Å²) in [4.78, 5) is 0. The van der Waals surface area contributed by atoms with Gasteiger partial charge in [-0.1, -0.05) is 17.7 Å². The lowest BCUT2D eigenvalue weighted by Gasteiger charge is -2.23. The molecule has 1 aromatic carbocycles. The highest BCUT2D eigenvalue weighted by atomic mass is 35.5. The molecular weight excluding hydrogens is 248 g/mol. The lowest BCUT2D eigenvalue weighted by molar-refractivity contribution is 0.360. The summed E-state index contributed by atoms with van der Waals surface area (Å²) < 4.78 is 5.14. The largest absolute Gasteiger partial charge is 0.495 e. The summed E-state index contributed by atoms with van der Waals surface area (Å²) in [7, 11) is 1.63. The van der Waals surface area contributed by atoms with Crippen molar-refractivity contribution in [3.05, 3.63) is 28.8 Å². The molecule has 100 valence electrons. The second kappa shape index (κ2) is 6.98. The molecule has 0 radical (unpaired) electrons. The Morgan fingerprint density at radius 1 is 1.50 bits per heavy atom. The number of hydrogen-bond donors (Lipinski definition) is 2. The standard InChI is InChI=1S/C14H21ClN2O/c1-18-14-5-4-11(7-13(14)15)8-17-10-12-3-2-6-16-9-12/h4-5,7,12,16-17H,2-3,6,8-10H2,1H3. The second-order valence-corrected chi connectivity index (χ2v) is 5.22. The van der Waals surface area contributed by atoms with Gasteiger partial charge in [0.25, 0.3) is 0 Å². The fourth-order valence-electron chi connectivity index (χ4n) is 2.34. The van der Waals surface area contributed by atoms with Gasteiger partial charge in [0.2, 0.25) is 0 Å². The maximum atomic E-state index is 6.09. The van der Waals surface area contributed by atoms with E-state index in [0.717, 1.165) is 31.3 Å². The van der Waals surface area contributed by atoms with Gasteiger partial charge in [-0.25, -0.2) is 0 Å². The molecule has 0 aromatic heterocycles. The van der Waals surface area contributed by atoms with Crippen LogP contribution in [0, 0.1) is 5.92 Å². The van der Waals surface area contributed by atoms with Gasteiger partial charge in [0.1, 0.15) is 5.75 Å². The molecule has 1 atom stereocenters. The Morgan fingerprint density at radius 3 is 3.06 bits per heavy atom. The Labute approximate surface area is 114 Å². The van der Waals surface area contributed by atoms with Gasteiger partial charge in [-0.05, 0) is 56.1 Å². The molecular formula is C14H21ClN2O. The molecule has 1 heterocycles. The molecule has 1 aliphatic rings. The van der Waals surface area contributed by atoms with Crippen LogP contribution in [0.1, 0.15) is 18.4 Å². The van der Waals surface area contributed by atoms with Crippen molar-refractivity contribution in [3.63, 3.8) is 0 Å². The van der Waals surface area contributed by atoms with Crippen molar-refractivity contribution in [2.75, 3.05) is 26.7 Å². The molecule has 4 heteroatoms. The predicted molar refractivity (Wildman–Crippen MR) is 75.3 cm³/mol. The van der Waals surface area contributed by atoms with E-state index in [2.05, 4.69) is 16.7 Å². The van der Waals surface area contributed by atoms with Crippen LogP contribution in [0.15, 0.2) is 18.2 Å². The molecule has 1 aromatic rings. The molecule has 0 amide bonds. The Bertz CT molecular complexity index is 378. The zero-order chi connectivity index (χ0) is 12.8. The molecule has 1 fully saturated rings. The number of hydrogen-bond acceptors (Lipinski definition) is 3. The van der Waals surface area contributed by atoms with Crippen LogP contribution in [0.2, 0.25) is 5.02 Å². The summed E-state index contributed by atoms with van der Waals surface area (Å²) in [6.45, 7) is 4.23. The first-order chi connectivity index (χ1) is 8.79. The van der Waals surface area contributed by atoms with E-state index in [1.54, 1.807) is 7.11 Å². The van der Waals surface area contributed by atoms with Gasteiger partial charge in [0.15, 0.2) is 0 Å². The van der Waals surface area contributed by atoms with E-state index in [-0.39, 0.29) is 0 Å². The summed E-state index contributed by atoms with van der Waals surface area (Å²) in [6.07, 6.45) is 2.62. The number of nitrogens with one attached hydrogen (secondary N) is 2. The third-order valence-electron chi connectivity index (χ3n) is 3.38. The Morgan fingerprint density at radius 2 is 2.39 bits per heavy atom. The molecule has 0 saturated carbocycles. The van der Waals surface area contributed by atoms with E-state index in [1.807, 2.05) is 12.1 Å². The van der Waals surface area contributed by atoms with Gasteiger partial charge in [-0.3, -0.25) is 0 Å². The molecule has 0 spiro atoms. The van der Waals surface area contributed by atoms with Crippen molar-refractivity contribution in [1.82, 2.24) is 10.6 Å². The third-order valence-corrected chi connectivity index (χ3v) is 3.67. The van der Waals surface area contributed by atoms with Gasteiger partial charge in [0.05, 0.1) is 12.1 Å². The fraction of sp³-hybridized carbons (Fsp3) is 0.571. The Hall–Kier alpha value is -0.770. The number of benzene rings is 1. The molecule has 2 rings (SSSR count). The molecule has 1 aliphatic heterocycles. The van der Waals surface area contributed by atoms with Gasteiger partial charge < -0.3 is 15.4 Å². The van der Waals surface area contributed by atoms with Crippen molar-refractivity contribution in [2.45, 2.75) is 19.4 Å². The van der Waals surface area contributed by atoms with E-state index in [4.69, 9.17) is 16.3 Å². The normalized spacial score (nSPS) is 19.8. The number of methoxy groups -OCH3 is 1. The van der Waals surface area contributed by atoms with Crippen molar-refractivity contribution in [2.24, 2.45) is 5.92 Å². The van der Waals surface area contributed by atoms with Crippen LogP contribution < -0.4 is 15.4 Å². The predicted octanol–water partition coefficient (Wildman–Crippen LogP) is 2.44. The molecule has 0 aliphatic carbocycles. The lowest BCUT2D eigenvalue weighted by atomic mass is 10.00. The third kappa shape index (κ3) is 3.87.